The van der Waals surface area contributed by atoms with Crippen molar-refractivity contribution in [1.82, 2.24) is 4.90 Å². The van der Waals surface area contributed by atoms with Crippen LogP contribution >= 0.6 is 24.2 Å². The lowest BCUT2D eigenvalue weighted by Crippen LogP contribution is -2.42. The standard InChI is InChI=1S/C21H21FN2O2S.ClH/c22-14-5-7-16(8-6-14)27-13-18-17-3-1-2-4-19(17)26-20(18)21(25)24-11-9-15(23)10-12-24;/h1-8,15H,9-13,23H2;1H. The van der Waals surface area contributed by atoms with Crippen LogP contribution in [0.5, 0.6) is 0 Å². The zero-order valence-corrected chi connectivity index (χ0v) is 16.9. The summed E-state index contributed by atoms with van der Waals surface area (Å²) in [6.07, 6.45) is 1.62. The Morgan fingerprint density at radius 1 is 1.14 bits per heavy atom. The summed E-state index contributed by atoms with van der Waals surface area (Å²) in [5, 5.41) is 0.948. The van der Waals surface area contributed by atoms with Crippen LogP contribution in [0.25, 0.3) is 11.0 Å². The van der Waals surface area contributed by atoms with Crippen molar-refractivity contribution >= 4 is 41.0 Å². The van der Waals surface area contributed by atoms with Gasteiger partial charge in [-0.15, -0.1) is 24.2 Å². The Morgan fingerprint density at radius 2 is 1.82 bits per heavy atom. The van der Waals surface area contributed by atoms with Crippen molar-refractivity contribution < 1.29 is 13.6 Å². The summed E-state index contributed by atoms with van der Waals surface area (Å²) < 4.78 is 19.1. The van der Waals surface area contributed by atoms with Crippen molar-refractivity contribution in [2.45, 2.75) is 29.5 Å². The zero-order chi connectivity index (χ0) is 18.8. The second-order valence-electron chi connectivity index (χ2n) is 6.78. The molecule has 3 aromatic rings. The Bertz CT molecular complexity index is 953. The Kier molecular flexibility index (Phi) is 6.65. The molecule has 0 unspecified atom stereocenters. The van der Waals surface area contributed by atoms with Crippen molar-refractivity contribution in [3.8, 4) is 0 Å². The Labute approximate surface area is 173 Å². The van der Waals surface area contributed by atoms with Crippen LogP contribution in [0.15, 0.2) is 57.8 Å². The maximum absolute atomic E-state index is 13.1. The number of carbonyl (C=O) groups is 1. The number of rotatable bonds is 4. The van der Waals surface area contributed by atoms with E-state index in [1.165, 1.54) is 12.1 Å². The molecule has 4 rings (SSSR count). The number of amides is 1. The minimum absolute atomic E-state index is 0. The molecule has 148 valence electrons. The third-order valence-corrected chi connectivity index (χ3v) is 5.95. The van der Waals surface area contributed by atoms with Gasteiger partial charge in [0.15, 0.2) is 5.76 Å². The van der Waals surface area contributed by atoms with E-state index in [-0.39, 0.29) is 30.2 Å². The molecule has 2 N–H and O–H groups in total. The number of carbonyl (C=O) groups excluding carboxylic acids is 1. The van der Waals surface area contributed by atoms with Crippen LogP contribution in [0.4, 0.5) is 4.39 Å². The number of thioether (sulfide) groups is 1. The van der Waals surface area contributed by atoms with Gasteiger partial charge in [0.2, 0.25) is 0 Å². The molecule has 1 fully saturated rings. The number of piperidine rings is 1. The fourth-order valence-electron chi connectivity index (χ4n) is 3.35. The number of para-hydroxylation sites is 1. The third-order valence-electron chi connectivity index (χ3n) is 4.92. The maximum Gasteiger partial charge on any atom is 0.289 e. The van der Waals surface area contributed by atoms with Crippen LogP contribution in [-0.4, -0.2) is 29.9 Å². The molecule has 4 nitrogen and oxygen atoms in total. The summed E-state index contributed by atoms with van der Waals surface area (Å²) in [4.78, 5) is 15.9. The molecule has 1 aliphatic rings. The molecule has 1 amide bonds. The van der Waals surface area contributed by atoms with E-state index < -0.39 is 0 Å². The van der Waals surface area contributed by atoms with Crippen LogP contribution in [-0.2, 0) is 5.75 Å². The molecule has 1 aliphatic heterocycles. The molecule has 7 heteroatoms. The lowest BCUT2D eigenvalue weighted by Gasteiger charge is -2.29. The van der Waals surface area contributed by atoms with E-state index in [9.17, 15) is 9.18 Å². The van der Waals surface area contributed by atoms with Crippen LogP contribution < -0.4 is 5.73 Å². The van der Waals surface area contributed by atoms with E-state index in [0.717, 1.165) is 28.7 Å². The highest BCUT2D eigenvalue weighted by atomic mass is 35.5. The van der Waals surface area contributed by atoms with E-state index in [4.69, 9.17) is 10.2 Å². The normalized spacial score (nSPS) is 14.9. The summed E-state index contributed by atoms with van der Waals surface area (Å²) >= 11 is 1.56. The molecule has 1 aromatic heterocycles. The Hall–Kier alpha value is -2.02. The predicted octanol–water partition coefficient (Wildman–Crippen LogP) is 4.85. The number of likely N-dealkylation sites (tertiary alicyclic amines) is 1. The van der Waals surface area contributed by atoms with E-state index in [2.05, 4.69) is 0 Å². The number of hydrogen-bond donors (Lipinski definition) is 1. The quantitative estimate of drug-likeness (QED) is 0.613. The maximum atomic E-state index is 13.1. The van der Waals surface area contributed by atoms with Crippen molar-refractivity contribution in [1.29, 1.82) is 0 Å². The zero-order valence-electron chi connectivity index (χ0n) is 15.3. The molecule has 28 heavy (non-hydrogen) atoms. The van der Waals surface area contributed by atoms with E-state index in [1.807, 2.05) is 29.2 Å². The molecule has 0 saturated carbocycles. The van der Waals surface area contributed by atoms with Gasteiger partial charge in [-0.2, -0.15) is 0 Å². The second-order valence-corrected chi connectivity index (χ2v) is 7.83. The van der Waals surface area contributed by atoms with Gasteiger partial charge in [0.05, 0.1) is 0 Å². The lowest BCUT2D eigenvalue weighted by atomic mass is 10.1. The second kappa shape index (κ2) is 8.99. The molecule has 1 saturated heterocycles. The number of hydrogen-bond acceptors (Lipinski definition) is 4. The van der Waals surface area contributed by atoms with Gasteiger partial charge in [-0.25, -0.2) is 4.39 Å². The van der Waals surface area contributed by atoms with Gasteiger partial charge in [0.1, 0.15) is 11.4 Å². The fourth-order valence-corrected chi connectivity index (χ4v) is 4.27. The first-order chi connectivity index (χ1) is 13.1. The number of fused-ring (bicyclic) bond motifs is 1. The largest absolute Gasteiger partial charge is 0.451 e. The summed E-state index contributed by atoms with van der Waals surface area (Å²) in [5.41, 5.74) is 7.56. The summed E-state index contributed by atoms with van der Waals surface area (Å²) in [7, 11) is 0. The Morgan fingerprint density at radius 3 is 2.54 bits per heavy atom. The number of furan rings is 1. The van der Waals surface area contributed by atoms with Crippen molar-refractivity contribution in [2.75, 3.05) is 13.1 Å². The molecule has 0 spiro atoms. The summed E-state index contributed by atoms with van der Waals surface area (Å²) in [6, 6.07) is 14.2. The lowest BCUT2D eigenvalue weighted by molar-refractivity contribution is 0.0684. The van der Waals surface area contributed by atoms with Crippen molar-refractivity contribution in [3.05, 3.63) is 65.7 Å². The number of nitrogens with zero attached hydrogens (tertiary/aromatic N) is 1. The van der Waals surface area contributed by atoms with Crippen LogP contribution in [0.1, 0.15) is 29.0 Å². The van der Waals surface area contributed by atoms with Gasteiger partial charge >= 0.3 is 0 Å². The minimum Gasteiger partial charge on any atom is -0.451 e. The number of benzene rings is 2. The van der Waals surface area contributed by atoms with Gasteiger partial charge in [-0.3, -0.25) is 4.79 Å². The smallest absolute Gasteiger partial charge is 0.289 e. The van der Waals surface area contributed by atoms with Crippen LogP contribution in [0.2, 0.25) is 0 Å². The minimum atomic E-state index is -0.257. The topological polar surface area (TPSA) is 59.5 Å². The number of nitrogens with two attached hydrogens (primary N) is 1. The molecule has 0 radical (unpaired) electrons. The predicted molar refractivity (Wildman–Crippen MR) is 113 cm³/mol. The monoisotopic (exact) mass is 420 g/mol. The first-order valence-electron chi connectivity index (χ1n) is 9.05. The van der Waals surface area contributed by atoms with E-state index >= 15 is 0 Å². The Balaban J connectivity index is 0.00000225. The third kappa shape index (κ3) is 4.35. The summed E-state index contributed by atoms with van der Waals surface area (Å²) in [5.74, 6) is 0.651. The van der Waals surface area contributed by atoms with Crippen molar-refractivity contribution in [3.63, 3.8) is 0 Å². The SMILES string of the molecule is Cl.NC1CCN(C(=O)c2oc3ccccc3c2CSc2ccc(F)cc2)CC1. The van der Waals surface area contributed by atoms with Crippen LogP contribution in [0.3, 0.4) is 0 Å². The fraction of sp³-hybridized carbons (Fsp3) is 0.286. The van der Waals surface area contributed by atoms with Gasteiger partial charge in [-0.1, -0.05) is 18.2 Å². The molecular formula is C21H22ClFN2O2S. The average molecular weight is 421 g/mol. The highest BCUT2D eigenvalue weighted by molar-refractivity contribution is 7.98. The molecule has 0 atom stereocenters. The van der Waals surface area contributed by atoms with Gasteiger partial charge in [0, 0.05) is 40.7 Å². The first kappa shape index (κ1) is 20.7. The van der Waals surface area contributed by atoms with Gasteiger partial charge in [-0.05, 0) is 43.2 Å². The van der Waals surface area contributed by atoms with Crippen molar-refractivity contribution in [2.24, 2.45) is 5.73 Å². The molecule has 2 heterocycles. The highest BCUT2D eigenvalue weighted by Gasteiger charge is 2.27. The highest BCUT2D eigenvalue weighted by Crippen LogP contribution is 2.33. The average Bonchev–Trinajstić information content (AvgIpc) is 3.06. The molecule has 2 aromatic carbocycles. The molecular weight excluding hydrogens is 399 g/mol. The molecule has 0 bridgehead atoms. The first-order valence-corrected chi connectivity index (χ1v) is 10.0. The van der Waals surface area contributed by atoms with Gasteiger partial charge in [0.25, 0.3) is 5.91 Å². The van der Waals surface area contributed by atoms with Crippen LogP contribution in [0, 0.1) is 5.82 Å². The van der Waals surface area contributed by atoms with Gasteiger partial charge < -0.3 is 15.1 Å². The summed E-state index contributed by atoms with van der Waals surface area (Å²) in [6.45, 7) is 1.31. The van der Waals surface area contributed by atoms with E-state index in [0.29, 0.717) is 30.2 Å². The van der Waals surface area contributed by atoms with E-state index in [1.54, 1.807) is 23.9 Å². The number of halogens is 2. The molecule has 0 aliphatic carbocycles.